The van der Waals surface area contributed by atoms with Gasteiger partial charge in [0.05, 0.1) is 0 Å². The molecule has 3 heteroatoms. The van der Waals surface area contributed by atoms with Crippen molar-refractivity contribution in [2.75, 3.05) is 5.73 Å². The highest BCUT2D eigenvalue weighted by Gasteiger charge is 2.11. The van der Waals surface area contributed by atoms with Crippen LogP contribution in [0.4, 0.5) is 10.1 Å². The Balaban J connectivity index is 3.28. The molecule has 1 aromatic carbocycles. The van der Waals surface area contributed by atoms with Crippen LogP contribution in [0, 0.1) is 5.82 Å². The predicted octanol–water partition coefficient (Wildman–Crippen LogP) is 3.29. The molecule has 0 aliphatic carbocycles. The van der Waals surface area contributed by atoms with Crippen molar-refractivity contribution in [2.24, 2.45) is 0 Å². The third-order valence-electron chi connectivity index (χ3n) is 1.68. The smallest absolute Gasteiger partial charge is 0.129 e. The highest BCUT2D eigenvalue weighted by atomic mass is 79.9. The van der Waals surface area contributed by atoms with Gasteiger partial charge in [-0.2, -0.15) is 0 Å². The van der Waals surface area contributed by atoms with Crippen molar-refractivity contribution in [3.63, 3.8) is 0 Å². The van der Waals surface area contributed by atoms with Gasteiger partial charge < -0.3 is 5.73 Å². The van der Waals surface area contributed by atoms with E-state index in [2.05, 4.69) is 15.9 Å². The molecule has 66 valence electrons. The van der Waals surface area contributed by atoms with Crippen molar-refractivity contribution < 1.29 is 4.39 Å². The molecule has 1 aromatic rings. The van der Waals surface area contributed by atoms with E-state index in [1.807, 2.05) is 13.8 Å². The van der Waals surface area contributed by atoms with E-state index in [9.17, 15) is 4.39 Å². The Morgan fingerprint density at radius 2 is 2.00 bits per heavy atom. The number of anilines is 1. The lowest BCUT2D eigenvalue weighted by atomic mass is 10.0. The number of rotatable bonds is 1. The van der Waals surface area contributed by atoms with E-state index in [1.54, 1.807) is 6.07 Å². The second-order valence-corrected chi connectivity index (χ2v) is 3.91. The number of halogens is 2. The fourth-order valence-electron chi connectivity index (χ4n) is 1.16. The van der Waals surface area contributed by atoms with Crippen LogP contribution >= 0.6 is 15.9 Å². The van der Waals surface area contributed by atoms with Gasteiger partial charge in [0.15, 0.2) is 0 Å². The third-order valence-corrected chi connectivity index (χ3v) is 2.33. The summed E-state index contributed by atoms with van der Waals surface area (Å²) in [6.07, 6.45) is 0. The largest absolute Gasteiger partial charge is 0.399 e. The standard InChI is InChI=1S/C9H11BrFN/c1-5(2)9-7(10)3-6(12)4-8(9)11/h3-5H,12H2,1-2H3. The summed E-state index contributed by atoms with van der Waals surface area (Å²) >= 11 is 3.28. The number of hydrogen-bond acceptors (Lipinski definition) is 1. The van der Waals surface area contributed by atoms with Crippen LogP contribution in [-0.4, -0.2) is 0 Å². The third kappa shape index (κ3) is 1.78. The Labute approximate surface area is 79.9 Å². The van der Waals surface area contributed by atoms with E-state index in [4.69, 9.17) is 5.73 Å². The van der Waals surface area contributed by atoms with Crippen molar-refractivity contribution in [1.29, 1.82) is 0 Å². The molecule has 0 aliphatic heterocycles. The van der Waals surface area contributed by atoms with Crippen molar-refractivity contribution >= 4 is 21.6 Å². The topological polar surface area (TPSA) is 26.0 Å². The quantitative estimate of drug-likeness (QED) is 0.738. The minimum atomic E-state index is -0.239. The molecule has 0 aromatic heterocycles. The van der Waals surface area contributed by atoms with Crippen molar-refractivity contribution in [3.8, 4) is 0 Å². The molecule has 0 spiro atoms. The van der Waals surface area contributed by atoms with Gasteiger partial charge in [-0.1, -0.05) is 29.8 Å². The van der Waals surface area contributed by atoms with Crippen molar-refractivity contribution in [2.45, 2.75) is 19.8 Å². The zero-order chi connectivity index (χ0) is 9.30. The normalized spacial score (nSPS) is 10.8. The van der Waals surface area contributed by atoms with E-state index in [0.29, 0.717) is 11.3 Å². The van der Waals surface area contributed by atoms with Crippen LogP contribution in [0.15, 0.2) is 16.6 Å². The summed E-state index contributed by atoms with van der Waals surface area (Å²) in [6.45, 7) is 3.89. The van der Waals surface area contributed by atoms with Gasteiger partial charge in [-0.3, -0.25) is 0 Å². The average Bonchev–Trinajstić information content (AvgIpc) is 1.82. The maximum atomic E-state index is 13.3. The first-order valence-electron chi connectivity index (χ1n) is 3.76. The zero-order valence-corrected chi connectivity index (χ0v) is 8.65. The Bertz CT molecular complexity index is 274. The lowest BCUT2D eigenvalue weighted by Gasteiger charge is -2.10. The molecule has 0 radical (unpaired) electrons. The fourth-order valence-corrected chi connectivity index (χ4v) is 2.07. The van der Waals surface area contributed by atoms with Gasteiger partial charge in [0, 0.05) is 15.7 Å². The fraction of sp³-hybridized carbons (Fsp3) is 0.333. The Hall–Kier alpha value is -0.570. The van der Waals surface area contributed by atoms with Crippen LogP contribution in [0.5, 0.6) is 0 Å². The van der Waals surface area contributed by atoms with Gasteiger partial charge in [0.25, 0.3) is 0 Å². The SMILES string of the molecule is CC(C)c1c(F)cc(N)cc1Br. The highest BCUT2D eigenvalue weighted by molar-refractivity contribution is 9.10. The summed E-state index contributed by atoms with van der Waals surface area (Å²) in [4.78, 5) is 0. The van der Waals surface area contributed by atoms with Gasteiger partial charge in [-0.05, 0) is 18.1 Å². The minimum absolute atomic E-state index is 0.167. The molecule has 0 saturated carbocycles. The molecule has 0 aliphatic rings. The number of benzene rings is 1. The predicted molar refractivity (Wildman–Crippen MR) is 52.6 cm³/mol. The molecule has 12 heavy (non-hydrogen) atoms. The molecule has 0 saturated heterocycles. The van der Waals surface area contributed by atoms with Gasteiger partial charge in [-0.15, -0.1) is 0 Å². The van der Waals surface area contributed by atoms with Crippen LogP contribution in [-0.2, 0) is 0 Å². The second kappa shape index (κ2) is 3.44. The van der Waals surface area contributed by atoms with Crippen LogP contribution < -0.4 is 5.73 Å². The van der Waals surface area contributed by atoms with Crippen molar-refractivity contribution in [1.82, 2.24) is 0 Å². The average molecular weight is 232 g/mol. The van der Waals surface area contributed by atoms with Gasteiger partial charge in [0.2, 0.25) is 0 Å². The Morgan fingerprint density at radius 3 is 2.42 bits per heavy atom. The molecular formula is C9H11BrFN. The summed E-state index contributed by atoms with van der Waals surface area (Å²) < 4.78 is 14.0. The molecule has 1 nitrogen and oxygen atoms in total. The first-order valence-corrected chi connectivity index (χ1v) is 4.56. The first-order chi connectivity index (χ1) is 5.52. The van der Waals surface area contributed by atoms with Crippen LogP contribution in [0.1, 0.15) is 25.3 Å². The number of nitrogens with two attached hydrogens (primary N) is 1. The van der Waals surface area contributed by atoms with Crippen LogP contribution in [0.2, 0.25) is 0 Å². The van der Waals surface area contributed by atoms with E-state index >= 15 is 0 Å². The Morgan fingerprint density at radius 1 is 1.42 bits per heavy atom. The molecule has 0 bridgehead atoms. The van der Waals surface area contributed by atoms with E-state index in [1.165, 1.54) is 6.07 Å². The highest BCUT2D eigenvalue weighted by Crippen LogP contribution is 2.29. The molecule has 0 fully saturated rings. The summed E-state index contributed by atoms with van der Waals surface area (Å²) in [5.41, 5.74) is 6.59. The molecule has 1 rings (SSSR count). The van der Waals surface area contributed by atoms with Gasteiger partial charge >= 0.3 is 0 Å². The monoisotopic (exact) mass is 231 g/mol. The van der Waals surface area contributed by atoms with E-state index in [-0.39, 0.29) is 11.7 Å². The Kier molecular flexibility index (Phi) is 2.73. The first kappa shape index (κ1) is 9.52. The second-order valence-electron chi connectivity index (χ2n) is 3.05. The zero-order valence-electron chi connectivity index (χ0n) is 7.07. The summed E-state index contributed by atoms with van der Waals surface area (Å²) in [7, 11) is 0. The molecule has 2 N–H and O–H groups in total. The minimum Gasteiger partial charge on any atom is -0.399 e. The van der Waals surface area contributed by atoms with E-state index < -0.39 is 0 Å². The molecule has 0 heterocycles. The summed E-state index contributed by atoms with van der Waals surface area (Å²) in [6, 6.07) is 3.07. The summed E-state index contributed by atoms with van der Waals surface area (Å²) in [5, 5.41) is 0. The number of nitrogen functional groups attached to an aromatic ring is 1. The number of hydrogen-bond donors (Lipinski definition) is 1. The van der Waals surface area contributed by atoms with Crippen molar-refractivity contribution in [3.05, 3.63) is 28.0 Å². The maximum absolute atomic E-state index is 13.3. The molecule has 0 unspecified atom stereocenters. The maximum Gasteiger partial charge on any atom is 0.129 e. The molecule has 0 atom stereocenters. The van der Waals surface area contributed by atoms with E-state index in [0.717, 1.165) is 4.47 Å². The van der Waals surface area contributed by atoms with Gasteiger partial charge in [0.1, 0.15) is 5.82 Å². The van der Waals surface area contributed by atoms with Gasteiger partial charge in [-0.25, -0.2) is 4.39 Å². The van der Waals surface area contributed by atoms with Crippen LogP contribution in [0.3, 0.4) is 0 Å². The molecular weight excluding hydrogens is 221 g/mol. The summed E-state index contributed by atoms with van der Waals surface area (Å²) in [5.74, 6) is -0.0724. The van der Waals surface area contributed by atoms with Crippen LogP contribution in [0.25, 0.3) is 0 Å². The molecule has 0 amide bonds. The lowest BCUT2D eigenvalue weighted by Crippen LogP contribution is -1.97. The lowest BCUT2D eigenvalue weighted by molar-refractivity contribution is 0.597.